The summed E-state index contributed by atoms with van der Waals surface area (Å²) in [7, 11) is 0. The number of esters is 1. The van der Waals surface area contributed by atoms with Crippen LogP contribution < -0.4 is 4.74 Å². The predicted octanol–water partition coefficient (Wildman–Crippen LogP) is 3.70. The Balaban J connectivity index is 2.46. The van der Waals surface area contributed by atoms with E-state index in [-0.39, 0.29) is 15.6 Å². The second-order valence-electron chi connectivity index (χ2n) is 3.23. The quantitative estimate of drug-likeness (QED) is 0.409. The van der Waals surface area contributed by atoms with E-state index in [1.165, 1.54) is 0 Å². The lowest BCUT2D eigenvalue weighted by molar-refractivity contribution is -0.134. The van der Waals surface area contributed by atoms with Gasteiger partial charge in [0.1, 0.15) is 10.6 Å². The smallest absolute Gasteiger partial charge is 0.326 e. The monoisotopic (exact) mass is 396 g/mol. The molecule has 0 radical (unpaired) electrons. The molecule has 5 heteroatoms. The van der Waals surface area contributed by atoms with Crippen molar-refractivity contribution in [2.24, 2.45) is 0 Å². The summed E-state index contributed by atoms with van der Waals surface area (Å²) in [5, 5.41) is 0.793. The summed E-state index contributed by atoms with van der Waals surface area (Å²) in [6, 6.07) is 5.80. The van der Waals surface area contributed by atoms with Gasteiger partial charge in [0.2, 0.25) is 0 Å². The van der Waals surface area contributed by atoms with Crippen LogP contribution in [0.5, 0.6) is 5.75 Å². The van der Waals surface area contributed by atoms with Crippen molar-refractivity contribution in [3.8, 4) is 5.75 Å². The molecule has 1 heterocycles. The Morgan fingerprint density at radius 3 is 2.67 bits per heavy atom. The fraction of sp³-hybridized carbons (Fsp3) is 0.300. The maximum absolute atomic E-state index is 11.4. The molecule has 1 aromatic carbocycles. The number of carbonyl (C=O) groups is 1. The van der Waals surface area contributed by atoms with Crippen molar-refractivity contribution in [1.29, 1.82) is 0 Å². The van der Waals surface area contributed by atoms with Gasteiger partial charge in [-0.3, -0.25) is 4.79 Å². The Bertz CT molecular complexity index is 406. The summed E-state index contributed by atoms with van der Waals surface area (Å²) in [5.41, 5.74) is 2.17. The minimum absolute atomic E-state index is 0.0345. The van der Waals surface area contributed by atoms with E-state index in [1.807, 2.05) is 18.2 Å². The molecule has 0 N–H and O–H groups in total. The molecule has 0 saturated carbocycles. The van der Waals surface area contributed by atoms with Gasteiger partial charge in [-0.05, 0) is 11.6 Å². The molecule has 80 valence electrons. The minimum atomic E-state index is -0.324. The Hall–Kier alpha value is 0.130. The van der Waals surface area contributed by atoms with Crippen LogP contribution in [0.4, 0.5) is 0 Å². The standard InChI is InChI=1S/C10H7Br3O2/c11-4-5-1-2-7-6(3-5)8(12)9(13)10(14)15-7/h1-3,8-9H,4H2/t8-,9-/m0/s1. The highest BCUT2D eigenvalue weighted by atomic mass is 79.9. The van der Waals surface area contributed by atoms with E-state index in [9.17, 15) is 4.79 Å². The fourth-order valence-corrected chi connectivity index (χ4v) is 2.73. The zero-order valence-electron chi connectivity index (χ0n) is 7.54. The van der Waals surface area contributed by atoms with Crippen LogP contribution in [0.25, 0.3) is 0 Å². The van der Waals surface area contributed by atoms with Gasteiger partial charge in [0.15, 0.2) is 0 Å². The summed E-state index contributed by atoms with van der Waals surface area (Å²) in [5.74, 6) is 0.387. The van der Waals surface area contributed by atoms with Gasteiger partial charge in [-0.15, -0.1) is 0 Å². The van der Waals surface area contributed by atoms with Crippen LogP contribution in [-0.2, 0) is 10.1 Å². The van der Waals surface area contributed by atoms with Crippen LogP contribution in [0.2, 0.25) is 0 Å². The number of ether oxygens (including phenoxy) is 1. The van der Waals surface area contributed by atoms with Gasteiger partial charge in [0.05, 0.1) is 4.83 Å². The molecule has 0 spiro atoms. The molecule has 1 aromatic rings. The lowest BCUT2D eigenvalue weighted by Gasteiger charge is -2.24. The van der Waals surface area contributed by atoms with Crippen LogP contribution in [0, 0.1) is 0 Å². The Labute approximate surface area is 113 Å². The molecule has 1 aliphatic rings. The summed E-state index contributed by atoms with van der Waals surface area (Å²) >= 11 is 10.2. The lowest BCUT2D eigenvalue weighted by atomic mass is 10.0. The predicted molar refractivity (Wildman–Crippen MR) is 69.1 cm³/mol. The summed E-state index contributed by atoms with van der Waals surface area (Å²) < 4.78 is 5.18. The van der Waals surface area contributed by atoms with E-state index in [4.69, 9.17) is 4.74 Å². The molecule has 2 atom stereocenters. The van der Waals surface area contributed by atoms with Crippen LogP contribution in [0.15, 0.2) is 18.2 Å². The molecule has 0 fully saturated rings. The maximum atomic E-state index is 11.4. The number of benzene rings is 1. The topological polar surface area (TPSA) is 26.3 Å². The van der Waals surface area contributed by atoms with E-state index in [1.54, 1.807) is 0 Å². The van der Waals surface area contributed by atoms with Crippen molar-refractivity contribution in [2.75, 3.05) is 0 Å². The SMILES string of the molecule is O=C1Oc2ccc(CBr)cc2[C@H](Br)[C@@H]1Br. The Kier molecular flexibility index (Phi) is 3.52. The van der Waals surface area contributed by atoms with Crippen molar-refractivity contribution in [1.82, 2.24) is 0 Å². The maximum Gasteiger partial charge on any atom is 0.326 e. The first kappa shape index (κ1) is 11.6. The number of fused-ring (bicyclic) bond motifs is 1. The average molecular weight is 399 g/mol. The van der Waals surface area contributed by atoms with Gasteiger partial charge >= 0.3 is 5.97 Å². The van der Waals surface area contributed by atoms with Crippen molar-refractivity contribution < 1.29 is 9.53 Å². The number of hydrogen-bond donors (Lipinski definition) is 0. The molecule has 0 amide bonds. The first-order chi connectivity index (χ1) is 7.13. The van der Waals surface area contributed by atoms with Crippen LogP contribution in [0.3, 0.4) is 0 Å². The number of halogens is 3. The zero-order chi connectivity index (χ0) is 11.0. The molecule has 2 nitrogen and oxygen atoms in total. The highest BCUT2D eigenvalue weighted by molar-refractivity contribution is 9.12. The van der Waals surface area contributed by atoms with Gasteiger partial charge < -0.3 is 4.74 Å². The van der Waals surface area contributed by atoms with Gasteiger partial charge in [0.25, 0.3) is 0 Å². The molecular formula is C10H7Br3O2. The van der Waals surface area contributed by atoms with Gasteiger partial charge in [-0.1, -0.05) is 59.9 Å². The number of alkyl halides is 3. The third-order valence-electron chi connectivity index (χ3n) is 2.22. The van der Waals surface area contributed by atoms with E-state index < -0.39 is 0 Å². The van der Waals surface area contributed by atoms with Crippen molar-refractivity contribution in [3.63, 3.8) is 0 Å². The van der Waals surface area contributed by atoms with Crippen LogP contribution in [-0.4, -0.2) is 10.8 Å². The molecule has 0 aromatic heterocycles. The van der Waals surface area contributed by atoms with Crippen molar-refractivity contribution >= 4 is 53.8 Å². The average Bonchev–Trinajstić information content (AvgIpc) is 2.26. The number of hydrogen-bond acceptors (Lipinski definition) is 2. The van der Waals surface area contributed by atoms with E-state index in [2.05, 4.69) is 47.8 Å². The number of rotatable bonds is 1. The first-order valence-electron chi connectivity index (χ1n) is 4.32. The highest BCUT2D eigenvalue weighted by Crippen LogP contribution is 2.41. The zero-order valence-corrected chi connectivity index (χ0v) is 12.3. The van der Waals surface area contributed by atoms with Gasteiger partial charge in [-0.2, -0.15) is 0 Å². The summed E-state index contributed by atoms with van der Waals surface area (Å²) in [4.78, 5) is 11.1. The lowest BCUT2D eigenvalue weighted by Crippen LogP contribution is -2.29. The highest BCUT2D eigenvalue weighted by Gasteiger charge is 2.34. The third kappa shape index (κ3) is 2.15. The molecular weight excluding hydrogens is 392 g/mol. The van der Waals surface area contributed by atoms with E-state index in [0.29, 0.717) is 5.75 Å². The Morgan fingerprint density at radius 2 is 2.00 bits per heavy atom. The van der Waals surface area contributed by atoms with Crippen molar-refractivity contribution in [3.05, 3.63) is 29.3 Å². The van der Waals surface area contributed by atoms with Crippen LogP contribution >= 0.6 is 47.8 Å². The molecule has 2 rings (SSSR count). The number of carbonyl (C=O) groups excluding carboxylic acids is 1. The molecule has 0 saturated heterocycles. The normalized spacial score (nSPS) is 24.6. The van der Waals surface area contributed by atoms with Crippen LogP contribution in [0.1, 0.15) is 16.0 Å². The minimum Gasteiger partial charge on any atom is -0.425 e. The van der Waals surface area contributed by atoms with Crippen molar-refractivity contribution in [2.45, 2.75) is 15.0 Å². The molecule has 15 heavy (non-hydrogen) atoms. The summed E-state index contributed by atoms with van der Waals surface area (Å²) in [6.07, 6.45) is 0. The largest absolute Gasteiger partial charge is 0.425 e. The first-order valence-corrected chi connectivity index (χ1v) is 7.27. The van der Waals surface area contributed by atoms with E-state index in [0.717, 1.165) is 16.5 Å². The molecule has 0 unspecified atom stereocenters. The second kappa shape index (κ2) is 4.55. The second-order valence-corrected chi connectivity index (χ2v) is 5.76. The Morgan fingerprint density at radius 1 is 1.27 bits per heavy atom. The van der Waals surface area contributed by atoms with Gasteiger partial charge in [0, 0.05) is 10.9 Å². The van der Waals surface area contributed by atoms with Gasteiger partial charge in [-0.25, -0.2) is 0 Å². The third-order valence-corrected chi connectivity index (χ3v) is 5.50. The van der Waals surface area contributed by atoms with E-state index >= 15 is 0 Å². The molecule has 1 aliphatic heterocycles. The summed E-state index contributed by atoms with van der Waals surface area (Å²) in [6.45, 7) is 0. The fourth-order valence-electron chi connectivity index (χ4n) is 1.43. The molecule has 0 bridgehead atoms. The molecule has 0 aliphatic carbocycles.